The lowest BCUT2D eigenvalue weighted by Gasteiger charge is -2.29. The third kappa shape index (κ3) is 5.61. The van der Waals surface area contributed by atoms with Crippen molar-refractivity contribution < 1.29 is 14.0 Å². The van der Waals surface area contributed by atoms with Gasteiger partial charge in [0.1, 0.15) is 5.69 Å². The quantitative estimate of drug-likeness (QED) is 0.545. The van der Waals surface area contributed by atoms with Gasteiger partial charge in [-0.1, -0.05) is 41.6 Å². The molecule has 0 aliphatic heterocycles. The number of hydrogen-bond donors (Lipinski definition) is 2. The molecule has 174 valence electrons. The van der Waals surface area contributed by atoms with Crippen LogP contribution in [0.4, 0.5) is 10.2 Å². The van der Waals surface area contributed by atoms with E-state index in [2.05, 4.69) is 32.6 Å². The lowest BCUT2D eigenvalue weighted by atomic mass is 9.91. The van der Waals surface area contributed by atoms with Crippen molar-refractivity contribution in [2.24, 2.45) is 0 Å². The molecule has 7 nitrogen and oxygen atoms in total. The average molecular weight is 480 g/mol. The van der Waals surface area contributed by atoms with Gasteiger partial charge in [-0.25, -0.2) is 9.37 Å². The van der Waals surface area contributed by atoms with Gasteiger partial charge in [-0.2, -0.15) is 5.10 Å². The molecule has 0 atom stereocenters. The number of carbonyl (C=O) groups excluding carboxylic acids is 2. The van der Waals surface area contributed by atoms with Gasteiger partial charge in [0.25, 0.3) is 5.91 Å². The molecule has 0 saturated heterocycles. The summed E-state index contributed by atoms with van der Waals surface area (Å²) in [6.07, 6.45) is 5.80. The van der Waals surface area contributed by atoms with Crippen LogP contribution in [0.2, 0.25) is 5.02 Å². The van der Waals surface area contributed by atoms with E-state index in [0.29, 0.717) is 5.56 Å². The Hall–Kier alpha value is -3.70. The second kappa shape index (κ2) is 10.5. The third-order valence-electron chi connectivity index (χ3n) is 5.61. The number of anilines is 1. The Balaban J connectivity index is 1.46. The number of nitrogens with one attached hydrogen (secondary N) is 2. The Labute approximate surface area is 201 Å². The van der Waals surface area contributed by atoms with Crippen molar-refractivity contribution in [2.45, 2.75) is 44.7 Å². The largest absolute Gasteiger partial charge is 0.354 e. The molecule has 0 unspecified atom stereocenters. The Morgan fingerprint density at radius 3 is 2.47 bits per heavy atom. The Kier molecular flexibility index (Phi) is 7.24. The molecular weight excluding hydrogens is 457 g/mol. The average Bonchev–Trinajstić information content (AvgIpc) is 3.21. The summed E-state index contributed by atoms with van der Waals surface area (Å²) in [5.41, 5.74) is 1.34. The summed E-state index contributed by atoms with van der Waals surface area (Å²) in [5.74, 6) is 4.23. The normalized spacial score (nSPS) is 17.4. The van der Waals surface area contributed by atoms with E-state index in [1.54, 1.807) is 4.68 Å². The zero-order valence-corrected chi connectivity index (χ0v) is 19.3. The molecule has 0 radical (unpaired) electrons. The lowest BCUT2D eigenvalue weighted by Crippen LogP contribution is -2.37. The van der Waals surface area contributed by atoms with E-state index < -0.39 is 11.7 Å². The summed E-state index contributed by atoms with van der Waals surface area (Å²) in [5, 5.41) is 9.87. The Morgan fingerprint density at radius 2 is 1.79 bits per heavy atom. The van der Waals surface area contributed by atoms with Crippen molar-refractivity contribution in [3.05, 3.63) is 76.5 Å². The first kappa shape index (κ1) is 23.5. The van der Waals surface area contributed by atoms with E-state index in [4.69, 9.17) is 11.6 Å². The second-order valence-electron chi connectivity index (χ2n) is 8.12. The van der Waals surface area contributed by atoms with Crippen LogP contribution in [-0.2, 0) is 4.79 Å². The molecule has 0 bridgehead atoms. The van der Waals surface area contributed by atoms with Gasteiger partial charge < -0.3 is 10.6 Å². The van der Waals surface area contributed by atoms with Gasteiger partial charge in [-0.15, -0.1) is 0 Å². The van der Waals surface area contributed by atoms with Crippen molar-refractivity contribution in [2.75, 3.05) is 5.32 Å². The highest BCUT2D eigenvalue weighted by Crippen LogP contribution is 2.31. The molecule has 2 aromatic heterocycles. The number of nitrogens with zero attached hydrogens (tertiary/aromatic N) is 3. The number of benzene rings is 1. The number of rotatable bonds is 4. The van der Waals surface area contributed by atoms with E-state index in [1.165, 1.54) is 25.4 Å². The van der Waals surface area contributed by atoms with Gasteiger partial charge in [0, 0.05) is 30.3 Å². The zero-order valence-electron chi connectivity index (χ0n) is 18.5. The molecule has 2 heterocycles. The predicted octanol–water partition coefficient (Wildman–Crippen LogP) is 4.34. The predicted molar refractivity (Wildman–Crippen MR) is 127 cm³/mol. The van der Waals surface area contributed by atoms with E-state index in [-0.39, 0.29) is 34.5 Å². The van der Waals surface area contributed by atoms with Crippen LogP contribution >= 0.6 is 11.6 Å². The van der Waals surface area contributed by atoms with Crippen molar-refractivity contribution in [1.82, 2.24) is 20.1 Å². The Morgan fingerprint density at radius 1 is 1.09 bits per heavy atom. The molecule has 1 aromatic carbocycles. The van der Waals surface area contributed by atoms with Crippen LogP contribution in [0.5, 0.6) is 0 Å². The first-order chi connectivity index (χ1) is 16.4. The smallest absolute Gasteiger partial charge is 0.276 e. The van der Waals surface area contributed by atoms with Crippen LogP contribution in [0.25, 0.3) is 0 Å². The summed E-state index contributed by atoms with van der Waals surface area (Å²) in [7, 11) is 0. The topological polar surface area (TPSA) is 88.9 Å². The van der Waals surface area contributed by atoms with Crippen LogP contribution in [0.3, 0.4) is 0 Å². The van der Waals surface area contributed by atoms with E-state index in [1.807, 2.05) is 30.3 Å². The first-order valence-electron chi connectivity index (χ1n) is 10.9. The SMILES string of the molecule is CC(=O)NC1CCC(n2ncc(Cl)c2C(=O)Nc2ncc(C#Cc3ccccc3)cc2F)CC1. The van der Waals surface area contributed by atoms with Gasteiger partial charge in [0.15, 0.2) is 11.6 Å². The molecule has 2 N–H and O–H groups in total. The second-order valence-corrected chi connectivity index (χ2v) is 8.52. The minimum Gasteiger partial charge on any atom is -0.354 e. The van der Waals surface area contributed by atoms with Crippen LogP contribution in [0.15, 0.2) is 48.8 Å². The lowest BCUT2D eigenvalue weighted by molar-refractivity contribution is -0.119. The van der Waals surface area contributed by atoms with Crippen molar-refractivity contribution in [3.63, 3.8) is 0 Å². The molecule has 1 aliphatic carbocycles. The number of hydrogen-bond acceptors (Lipinski definition) is 4. The summed E-state index contributed by atoms with van der Waals surface area (Å²) in [6.45, 7) is 1.50. The standard InChI is InChI=1S/C25H23ClFN5O2/c1-16(33)30-19-9-11-20(12-10-19)32-23(21(26)15-29-32)25(34)31-24-22(27)13-18(14-28-24)8-7-17-5-3-2-4-6-17/h2-6,13-15,19-20H,9-12H2,1H3,(H,30,33)(H,28,31,34). The number of carbonyl (C=O) groups is 2. The summed E-state index contributed by atoms with van der Waals surface area (Å²) >= 11 is 6.25. The van der Waals surface area contributed by atoms with E-state index in [0.717, 1.165) is 31.2 Å². The highest BCUT2D eigenvalue weighted by Gasteiger charge is 2.28. The first-order valence-corrected chi connectivity index (χ1v) is 11.3. The van der Waals surface area contributed by atoms with Gasteiger partial charge in [0.2, 0.25) is 5.91 Å². The van der Waals surface area contributed by atoms with Gasteiger partial charge >= 0.3 is 0 Å². The molecule has 4 rings (SSSR count). The van der Waals surface area contributed by atoms with Crippen molar-refractivity contribution in [3.8, 4) is 11.8 Å². The van der Waals surface area contributed by atoms with Crippen LogP contribution in [-0.4, -0.2) is 32.6 Å². The molecular formula is C25H23ClFN5O2. The summed E-state index contributed by atoms with van der Waals surface area (Å²) < 4.78 is 16.2. The van der Waals surface area contributed by atoms with Crippen LogP contribution in [0.1, 0.15) is 60.3 Å². The number of halogens is 2. The van der Waals surface area contributed by atoms with Gasteiger partial charge in [-0.05, 0) is 43.9 Å². The molecule has 34 heavy (non-hydrogen) atoms. The van der Waals surface area contributed by atoms with Gasteiger partial charge in [-0.3, -0.25) is 14.3 Å². The fraction of sp³-hybridized carbons (Fsp3) is 0.280. The van der Waals surface area contributed by atoms with Crippen molar-refractivity contribution >= 4 is 29.2 Å². The van der Waals surface area contributed by atoms with Crippen LogP contribution < -0.4 is 10.6 Å². The van der Waals surface area contributed by atoms with Gasteiger partial charge in [0.05, 0.1) is 17.3 Å². The maximum absolute atomic E-state index is 14.6. The minimum absolute atomic E-state index is 0.0494. The summed E-state index contributed by atoms with van der Waals surface area (Å²) in [4.78, 5) is 28.3. The number of amides is 2. The number of pyridine rings is 1. The molecule has 3 aromatic rings. The highest BCUT2D eigenvalue weighted by atomic mass is 35.5. The molecule has 1 aliphatic rings. The monoisotopic (exact) mass is 479 g/mol. The van der Waals surface area contributed by atoms with E-state index >= 15 is 0 Å². The fourth-order valence-corrected chi connectivity index (χ4v) is 4.23. The fourth-order valence-electron chi connectivity index (χ4n) is 4.01. The maximum Gasteiger partial charge on any atom is 0.276 e. The Bertz CT molecular complexity index is 1260. The van der Waals surface area contributed by atoms with Crippen molar-refractivity contribution in [1.29, 1.82) is 0 Å². The summed E-state index contributed by atoms with van der Waals surface area (Å²) in [6, 6.07) is 10.6. The molecule has 1 saturated carbocycles. The molecule has 1 fully saturated rings. The highest BCUT2D eigenvalue weighted by molar-refractivity contribution is 6.34. The molecule has 0 spiro atoms. The maximum atomic E-state index is 14.6. The third-order valence-corrected chi connectivity index (χ3v) is 5.89. The zero-order chi connectivity index (χ0) is 24.1. The van der Waals surface area contributed by atoms with Crippen LogP contribution in [0, 0.1) is 17.7 Å². The number of aromatic nitrogens is 3. The van der Waals surface area contributed by atoms with E-state index in [9.17, 15) is 14.0 Å². The molecule has 2 amide bonds. The minimum atomic E-state index is -0.703. The molecule has 9 heteroatoms.